The first-order chi connectivity index (χ1) is 8.34. The number of benzene rings is 1. The zero-order valence-electron chi connectivity index (χ0n) is 9.43. The number of amides is 1. The molecule has 5 nitrogen and oxygen atoms in total. The van der Waals surface area contributed by atoms with E-state index < -0.39 is 0 Å². The zero-order chi connectivity index (χ0) is 11.7. The number of hydrogen-bond donors (Lipinski definition) is 0. The summed E-state index contributed by atoms with van der Waals surface area (Å²) in [4.78, 5) is 14.1. The Bertz CT molecular complexity index is 543. The summed E-state index contributed by atoms with van der Waals surface area (Å²) in [6.45, 7) is 1.71. The molecular weight excluding hydrogens is 218 g/mol. The normalized spacial score (nSPS) is 16.4. The molecule has 1 aromatic carbocycles. The Labute approximate surface area is 98.4 Å². The Morgan fingerprint density at radius 2 is 2.06 bits per heavy atom. The standard InChI is InChI=1S/C12H13N3O2/c16-12(15-6-2-1-3-7-15)9-4-5-10-11(8-9)17-14-13-10/h4-5,8H,1-3,6-7H2. The number of nitrogens with zero attached hydrogens (tertiary/aromatic N) is 3. The van der Waals surface area contributed by atoms with Gasteiger partial charge in [0.15, 0.2) is 5.58 Å². The first-order valence-electron chi connectivity index (χ1n) is 5.86. The van der Waals surface area contributed by atoms with Gasteiger partial charge in [-0.2, -0.15) is 0 Å². The third-order valence-corrected chi connectivity index (χ3v) is 3.14. The lowest BCUT2D eigenvalue weighted by Crippen LogP contribution is -2.35. The summed E-state index contributed by atoms with van der Waals surface area (Å²) in [5.41, 5.74) is 1.89. The van der Waals surface area contributed by atoms with Crippen molar-refractivity contribution in [2.45, 2.75) is 19.3 Å². The van der Waals surface area contributed by atoms with Gasteiger partial charge in [-0.1, -0.05) is 0 Å². The van der Waals surface area contributed by atoms with Gasteiger partial charge >= 0.3 is 0 Å². The summed E-state index contributed by atoms with van der Waals surface area (Å²) in [5.74, 6) is 0.0722. The third kappa shape index (κ3) is 1.88. The Kier molecular flexibility index (Phi) is 2.51. The number of carbonyl (C=O) groups excluding carboxylic acids is 1. The lowest BCUT2D eigenvalue weighted by Gasteiger charge is -2.26. The lowest BCUT2D eigenvalue weighted by molar-refractivity contribution is 0.0724. The van der Waals surface area contributed by atoms with E-state index in [9.17, 15) is 4.79 Å². The van der Waals surface area contributed by atoms with Crippen molar-refractivity contribution in [2.75, 3.05) is 13.1 Å². The average molecular weight is 231 g/mol. The van der Waals surface area contributed by atoms with E-state index in [1.807, 2.05) is 4.90 Å². The highest BCUT2D eigenvalue weighted by Crippen LogP contribution is 2.17. The number of aromatic nitrogens is 2. The van der Waals surface area contributed by atoms with Crippen LogP contribution in [0.5, 0.6) is 0 Å². The van der Waals surface area contributed by atoms with Crippen molar-refractivity contribution in [3.8, 4) is 0 Å². The number of rotatable bonds is 1. The smallest absolute Gasteiger partial charge is 0.253 e. The third-order valence-electron chi connectivity index (χ3n) is 3.14. The average Bonchev–Trinajstić information content (AvgIpc) is 2.86. The van der Waals surface area contributed by atoms with Crippen LogP contribution in [0.15, 0.2) is 22.7 Å². The predicted octanol–water partition coefficient (Wildman–Crippen LogP) is 1.85. The fraction of sp³-hybridized carbons (Fsp3) is 0.417. The van der Waals surface area contributed by atoms with Crippen molar-refractivity contribution in [3.63, 3.8) is 0 Å². The monoisotopic (exact) mass is 231 g/mol. The van der Waals surface area contributed by atoms with E-state index in [-0.39, 0.29) is 5.91 Å². The summed E-state index contributed by atoms with van der Waals surface area (Å²) >= 11 is 0. The van der Waals surface area contributed by atoms with Gasteiger partial charge in [0.2, 0.25) is 0 Å². The molecule has 0 atom stereocenters. The number of fused-ring (bicyclic) bond motifs is 1. The number of piperidine rings is 1. The van der Waals surface area contributed by atoms with Crippen molar-refractivity contribution in [1.29, 1.82) is 0 Å². The van der Waals surface area contributed by atoms with E-state index in [1.165, 1.54) is 6.42 Å². The van der Waals surface area contributed by atoms with Crippen LogP contribution in [0.2, 0.25) is 0 Å². The summed E-state index contributed by atoms with van der Waals surface area (Å²) in [5, 5.41) is 7.25. The summed E-state index contributed by atoms with van der Waals surface area (Å²) < 4.78 is 4.96. The van der Waals surface area contributed by atoms with Crippen molar-refractivity contribution in [1.82, 2.24) is 15.3 Å². The van der Waals surface area contributed by atoms with Crippen molar-refractivity contribution in [2.24, 2.45) is 0 Å². The van der Waals surface area contributed by atoms with E-state index >= 15 is 0 Å². The molecule has 1 fully saturated rings. The van der Waals surface area contributed by atoms with Gasteiger partial charge in [-0.15, -0.1) is 5.10 Å². The van der Waals surface area contributed by atoms with E-state index in [4.69, 9.17) is 4.52 Å². The van der Waals surface area contributed by atoms with Gasteiger partial charge in [0, 0.05) is 23.9 Å². The van der Waals surface area contributed by atoms with Gasteiger partial charge in [-0.25, -0.2) is 0 Å². The molecule has 0 radical (unpaired) electrons. The van der Waals surface area contributed by atoms with E-state index in [2.05, 4.69) is 10.4 Å². The SMILES string of the molecule is O=C(c1ccc2nnoc2c1)N1CCCCC1. The molecule has 1 aromatic heterocycles. The minimum absolute atomic E-state index is 0.0722. The van der Waals surface area contributed by atoms with E-state index in [1.54, 1.807) is 18.2 Å². The zero-order valence-corrected chi connectivity index (χ0v) is 9.43. The minimum Gasteiger partial charge on any atom is -0.339 e. The molecule has 1 amide bonds. The van der Waals surface area contributed by atoms with Crippen LogP contribution in [0, 0.1) is 0 Å². The van der Waals surface area contributed by atoms with Gasteiger partial charge < -0.3 is 9.42 Å². The molecule has 0 unspecified atom stereocenters. The van der Waals surface area contributed by atoms with Crippen LogP contribution in [0.3, 0.4) is 0 Å². The van der Waals surface area contributed by atoms with E-state index in [0.717, 1.165) is 25.9 Å². The first kappa shape index (κ1) is 10.3. The second-order valence-electron chi connectivity index (χ2n) is 4.31. The van der Waals surface area contributed by atoms with Crippen LogP contribution >= 0.6 is 0 Å². The quantitative estimate of drug-likeness (QED) is 0.751. The van der Waals surface area contributed by atoms with Gasteiger partial charge in [-0.3, -0.25) is 4.79 Å². The van der Waals surface area contributed by atoms with Crippen molar-refractivity contribution < 1.29 is 9.32 Å². The lowest BCUT2D eigenvalue weighted by atomic mass is 10.1. The topological polar surface area (TPSA) is 59.2 Å². The first-order valence-corrected chi connectivity index (χ1v) is 5.86. The fourth-order valence-corrected chi connectivity index (χ4v) is 2.19. The van der Waals surface area contributed by atoms with Gasteiger partial charge in [0.05, 0.1) is 0 Å². The molecule has 17 heavy (non-hydrogen) atoms. The molecule has 0 saturated carbocycles. The summed E-state index contributed by atoms with van der Waals surface area (Å²) in [6.07, 6.45) is 3.41. The molecule has 1 saturated heterocycles. The molecule has 1 aliphatic rings. The van der Waals surface area contributed by atoms with Gasteiger partial charge in [0.25, 0.3) is 5.91 Å². The maximum Gasteiger partial charge on any atom is 0.253 e. The summed E-state index contributed by atoms with van der Waals surface area (Å²) in [6, 6.07) is 5.26. The number of hydrogen-bond acceptors (Lipinski definition) is 4. The Morgan fingerprint density at radius 3 is 2.88 bits per heavy atom. The molecular formula is C12H13N3O2. The Morgan fingerprint density at radius 1 is 1.24 bits per heavy atom. The summed E-state index contributed by atoms with van der Waals surface area (Å²) in [7, 11) is 0. The van der Waals surface area contributed by atoms with Crippen molar-refractivity contribution >= 4 is 17.0 Å². The molecule has 0 spiro atoms. The predicted molar refractivity (Wildman–Crippen MR) is 61.6 cm³/mol. The molecule has 0 N–H and O–H groups in total. The van der Waals surface area contributed by atoms with E-state index in [0.29, 0.717) is 16.7 Å². The maximum atomic E-state index is 12.2. The highest BCUT2D eigenvalue weighted by atomic mass is 16.5. The molecule has 0 bridgehead atoms. The molecule has 0 aliphatic carbocycles. The maximum absolute atomic E-state index is 12.2. The van der Waals surface area contributed by atoms with Gasteiger partial charge in [0.1, 0.15) is 5.52 Å². The molecule has 1 aliphatic heterocycles. The Balaban J connectivity index is 1.88. The highest BCUT2D eigenvalue weighted by Gasteiger charge is 2.18. The number of carbonyl (C=O) groups is 1. The molecule has 2 heterocycles. The molecule has 3 rings (SSSR count). The van der Waals surface area contributed by atoms with Crippen molar-refractivity contribution in [3.05, 3.63) is 23.8 Å². The van der Waals surface area contributed by atoms with Crippen LogP contribution in [0.25, 0.3) is 11.1 Å². The van der Waals surface area contributed by atoms with Crippen LogP contribution in [0.1, 0.15) is 29.6 Å². The fourth-order valence-electron chi connectivity index (χ4n) is 2.19. The van der Waals surface area contributed by atoms with Crippen LogP contribution in [0.4, 0.5) is 0 Å². The molecule has 88 valence electrons. The second-order valence-corrected chi connectivity index (χ2v) is 4.31. The molecule has 5 heteroatoms. The van der Waals surface area contributed by atoms with Crippen LogP contribution in [-0.4, -0.2) is 34.3 Å². The van der Waals surface area contributed by atoms with Gasteiger partial charge in [-0.05, 0) is 37.5 Å². The minimum atomic E-state index is 0.0722. The van der Waals surface area contributed by atoms with Crippen LogP contribution in [-0.2, 0) is 0 Å². The largest absolute Gasteiger partial charge is 0.339 e. The highest BCUT2D eigenvalue weighted by molar-refractivity contribution is 5.96. The Hall–Kier alpha value is -1.91. The molecule has 2 aromatic rings. The second kappa shape index (κ2) is 4.16. The van der Waals surface area contributed by atoms with Crippen LogP contribution < -0.4 is 0 Å². The number of likely N-dealkylation sites (tertiary alicyclic amines) is 1.